The van der Waals surface area contributed by atoms with Crippen molar-refractivity contribution >= 4 is 5.97 Å². The zero-order valence-corrected chi connectivity index (χ0v) is 7.41. The van der Waals surface area contributed by atoms with E-state index < -0.39 is 5.97 Å². The summed E-state index contributed by atoms with van der Waals surface area (Å²) in [6.07, 6.45) is 3.55. The monoisotopic (exact) mass is 181 g/mol. The lowest BCUT2D eigenvalue weighted by molar-refractivity contribution is -0.136. The summed E-state index contributed by atoms with van der Waals surface area (Å²) in [4.78, 5) is 14.5. The van der Waals surface area contributed by atoms with Crippen LogP contribution in [0.4, 0.5) is 0 Å². The van der Waals surface area contributed by atoms with E-state index in [9.17, 15) is 4.79 Å². The molecule has 0 saturated heterocycles. The minimum Gasteiger partial charge on any atom is -0.481 e. The van der Waals surface area contributed by atoms with Crippen molar-refractivity contribution in [2.75, 3.05) is 0 Å². The Labute approximate surface area is 75.6 Å². The molecule has 4 nitrogen and oxygen atoms in total. The molecular formula is C9H11NO3. The maximum absolute atomic E-state index is 10.4. The van der Waals surface area contributed by atoms with Crippen LogP contribution in [0.2, 0.25) is 0 Å². The third kappa shape index (κ3) is 1.56. The fraction of sp³-hybridized carbons (Fsp3) is 0.556. The van der Waals surface area contributed by atoms with E-state index >= 15 is 0 Å². The standard InChI is InChI=1S/C9H11NO3/c1-9(2-3-9)8-10-6(5-13-8)4-7(11)12/h5H,2-4H2,1H3,(H,11,12). The first-order valence-corrected chi connectivity index (χ1v) is 4.27. The number of hydrogen-bond donors (Lipinski definition) is 1. The van der Waals surface area contributed by atoms with E-state index in [4.69, 9.17) is 9.52 Å². The topological polar surface area (TPSA) is 63.3 Å². The van der Waals surface area contributed by atoms with Gasteiger partial charge >= 0.3 is 5.97 Å². The van der Waals surface area contributed by atoms with Gasteiger partial charge in [-0.15, -0.1) is 0 Å². The number of carboxylic acid groups (broad SMARTS) is 1. The number of nitrogens with zero attached hydrogens (tertiary/aromatic N) is 1. The van der Waals surface area contributed by atoms with E-state index in [0.29, 0.717) is 11.6 Å². The van der Waals surface area contributed by atoms with Gasteiger partial charge in [-0.3, -0.25) is 4.79 Å². The molecule has 1 aromatic rings. The van der Waals surface area contributed by atoms with Crippen molar-refractivity contribution < 1.29 is 14.3 Å². The Balaban J connectivity index is 2.14. The molecule has 1 heterocycles. The van der Waals surface area contributed by atoms with Crippen molar-refractivity contribution in [2.24, 2.45) is 0 Å². The number of carbonyl (C=O) groups is 1. The fourth-order valence-corrected chi connectivity index (χ4v) is 1.22. The van der Waals surface area contributed by atoms with Gasteiger partial charge in [0, 0.05) is 5.41 Å². The molecule has 0 spiro atoms. The Morgan fingerprint density at radius 1 is 1.77 bits per heavy atom. The largest absolute Gasteiger partial charge is 0.481 e. The summed E-state index contributed by atoms with van der Waals surface area (Å²) in [7, 11) is 0. The number of oxazole rings is 1. The first-order valence-electron chi connectivity index (χ1n) is 4.27. The second kappa shape index (κ2) is 2.58. The van der Waals surface area contributed by atoms with Crippen LogP contribution in [0.15, 0.2) is 10.7 Å². The van der Waals surface area contributed by atoms with Crippen molar-refractivity contribution in [3.05, 3.63) is 17.8 Å². The number of carboxylic acids is 1. The van der Waals surface area contributed by atoms with Crippen molar-refractivity contribution in [1.29, 1.82) is 0 Å². The lowest BCUT2D eigenvalue weighted by Gasteiger charge is -1.98. The molecule has 1 fully saturated rings. The van der Waals surface area contributed by atoms with Gasteiger partial charge in [-0.05, 0) is 12.8 Å². The minimum absolute atomic E-state index is 0.0560. The van der Waals surface area contributed by atoms with E-state index in [1.54, 1.807) is 0 Å². The van der Waals surface area contributed by atoms with Gasteiger partial charge < -0.3 is 9.52 Å². The fourth-order valence-electron chi connectivity index (χ4n) is 1.22. The molecule has 0 atom stereocenters. The van der Waals surface area contributed by atoms with Gasteiger partial charge in [0.25, 0.3) is 0 Å². The van der Waals surface area contributed by atoms with Gasteiger partial charge in [-0.1, -0.05) is 6.92 Å². The summed E-state index contributed by atoms with van der Waals surface area (Å²) in [5.74, 6) is -0.190. The SMILES string of the molecule is CC1(c2nc(CC(=O)O)co2)CC1. The van der Waals surface area contributed by atoms with E-state index in [2.05, 4.69) is 11.9 Å². The van der Waals surface area contributed by atoms with Crippen LogP contribution in [0.5, 0.6) is 0 Å². The summed E-state index contributed by atoms with van der Waals surface area (Å²) in [5.41, 5.74) is 0.590. The first-order chi connectivity index (χ1) is 6.10. The molecule has 1 aliphatic rings. The predicted molar refractivity (Wildman–Crippen MR) is 44.4 cm³/mol. The average Bonchev–Trinajstić information content (AvgIpc) is 2.62. The smallest absolute Gasteiger partial charge is 0.309 e. The van der Waals surface area contributed by atoms with Crippen LogP contribution < -0.4 is 0 Å². The van der Waals surface area contributed by atoms with E-state index in [0.717, 1.165) is 12.8 Å². The highest BCUT2D eigenvalue weighted by molar-refractivity contribution is 5.69. The van der Waals surface area contributed by atoms with Gasteiger partial charge in [0.1, 0.15) is 6.26 Å². The lowest BCUT2D eigenvalue weighted by Crippen LogP contribution is -2.03. The molecule has 0 bridgehead atoms. The van der Waals surface area contributed by atoms with Gasteiger partial charge in [0.2, 0.25) is 0 Å². The van der Waals surface area contributed by atoms with Crippen molar-refractivity contribution in [1.82, 2.24) is 4.98 Å². The highest BCUT2D eigenvalue weighted by atomic mass is 16.4. The highest BCUT2D eigenvalue weighted by Gasteiger charge is 2.43. The molecule has 1 aliphatic carbocycles. The molecule has 2 rings (SSSR count). The number of hydrogen-bond acceptors (Lipinski definition) is 3. The van der Waals surface area contributed by atoms with Gasteiger partial charge in [-0.25, -0.2) is 4.98 Å². The van der Waals surface area contributed by atoms with E-state index in [1.807, 2.05) is 0 Å². The normalized spacial score (nSPS) is 18.5. The van der Waals surface area contributed by atoms with Crippen LogP contribution in [-0.2, 0) is 16.6 Å². The Morgan fingerprint density at radius 3 is 3.00 bits per heavy atom. The summed E-state index contributed by atoms with van der Waals surface area (Å²) >= 11 is 0. The van der Waals surface area contributed by atoms with Crippen molar-refractivity contribution in [2.45, 2.75) is 31.6 Å². The minimum atomic E-state index is -0.874. The molecule has 0 aliphatic heterocycles. The van der Waals surface area contributed by atoms with Crippen LogP contribution in [0.1, 0.15) is 31.4 Å². The van der Waals surface area contributed by atoms with Gasteiger partial charge in [0.05, 0.1) is 12.1 Å². The molecule has 1 N–H and O–H groups in total. The molecule has 1 aromatic heterocycles. The summed E-state index contributed by atoms with van der Waals surface area (Å²) in [6, 6.07) is 0. The Bertz CT molecular complexity index is 338. The molecular weight excluding hydrogens is 170 g/mol. The lowest BCUT2D eigenvalue weighted by atomic mass is 10.1. The Morgan fingerprint density at radius 2 is 2.46 bits per heavy atom. The van der Waals surface area contributed by atoms with Crippen LogP contribution in [0, 0.1) is 0 Å². The number of aliphatic carboxylic acids is 1. The van der Waals surface area contributed by atoms with Crippen LogP contribution in [0.25, 0.3) is 0 Å². The van der Waals surface area contributed by atoms with E-state index in [-0.39, 0.29) is 11.8 Å². The second-order valence-corrected chi connectivity index (χ2v) is 3.78. The molecule has 0 amide bonds. The van der Waals surface area contributed by atoms with Gasteiger partial charge in [0.15, 0.2) is 5.89 Å². The van der Waals surface area contributed by atoms with Crippen LogP contribution >= 0.6 is 0 Å². The molecule has 70 valence electrons. The summed E-state index contributed by atoms with van der Waals surface area (Å²) < 4.78 is 5.22. The molecule has 0 radical (unpaired) electrons. The van der Waals surface area contributed by atoms with Gasteiger partial charge in [-0.2, -0.15) is 0 Å². The second-order valence-electron chi connectivity index (χ2n) is 3.78. The molecule has 1 saturated carbocycles. The van der Waals surface area contributed by atoms with E-state index in [1.165, 1.54) is 6.26 Å². The Hall–Kier alpha value is -1.32. The quantitative estimate of drug-likeness (QED) is 0.764. The zero-order chi connectivity index (χ0) is 9.47. The Kier molecular flexibility index (Phi) is 1.65. The predicted octanol–water partition coefficient (Wildman–Crippen LogP) is 1.35. The van der Waals surface area contributed by atoms with Crippen molar-refractivity contribution in [3.8, 4) is 0 Å². The molecule has 4 heteroatoms. The maximum atomic E-state index is 10.4. The summed E-state index contributed by atoms with van der Waals surface area (Å²) in [5, 5.41) is 8.51. The first kappa shape index (κ1) is 8.29. The van der Waals surface area contributed by atoms with Crippen LogP contribution in [-0.4, -0.2) is 16.1 Å². The number of rotatable bonds is 3. The molecule has 13 heavy (non-hydrogen) atoms. The average molecular weight is 181 g/mol. The maximum Gasteiger partial charge on any atom is 0.309 e. The third-order valence-electron chi connectivity index (χ3n) is 2.40. The number of aromatic nitrogens is 1. The summed E-state index contributed by atoms with van der Waals surface area (Å²) in [6.45, 7) is 2.07. The third-order valence-corrected chi connectivity index (χ3v) is 2.40. The zero-order valence-electron chi connectivity index (χ0n) is 7.41. The highest BCUT2D eigenvalue weighted by Crippen LogP contribution is 2.46. The molecule has 0 aromatic carbocycles. The molecule has 0 unspecified atom stereocenters. The van der Waals surface area contributed by atoms with Crippen LogP contribution in [0.3, 0.4) is 0 Å². The van der Waals surface area contributed by atoms with Crippen molar-refractivity contribution in [3.63, 3.8) is 0 Å².